The van der Waals surface area contributed by atoms with Gasteiger partial charge in [0.05, 0.1) is 0 Å². The van der Waals surface area contributed by atoms with Gasteiger partial charge < -0.3 is 8.85 Å². The number of hydrogen-bond acceptors (Lipinski definition) is 2. The van der Waals surface area contributed by atoms with Crippen LogP contribution in [-0.4, -0.2) is 21.8 Å². The Morgan fingerprint density at radius 1 is 0.524 bits per heavy atom. The monoisotopic (exact) mass is 316 g/mol. The van der Waals surface area contributed by atoms with Crippen LogP contribution in [0.1, 0.15) is 91.9 Å². The fraction of sp³-hybridized carbons (Fsp3) is 1.00. The zero-order chi connectivity index (χ0) is 15.8. The Bertz CT molecular complexity index is 192. The topological polar surface area (TPSA) is 18.5 Å². The average molecular weight is 317 g/mol. The molecule has 21 heavy (non-hydrogen) atoms. The Morgan fingerprint density at radius 2 is 1.00 bits per heavy atom. The minimum absolute atomic E-state index is 0.809. The molecule has 0 aliphatic heterocycles. The second-order valence-corrected chi connectivity index (χ2v) is 9.50. The Morgan fingerprint density at radius 3 is 1.43 bits per heavy atom. The first kappa shape index (κ1) is 21.1. The van der Waals surface area contributed by atoms with Gasteiger partial charge in [-0.2, -0.15) is 0 Å². The van der Waals surface area contributed by atoms with Crippen molar-refractivity contribution < 1.29 is 8.85 Å². The molecular formula is C18H40O2Si. The third kappa shape index (κ3) is 11.4. The molecule has 0 aromatic heterocycles. The van der Waals surface area contributed by atoms with E-state index in [1.807, 2.05) is 0 Å². The van der Waals surface area contributed by atoms with E-state index in [0.717, 1.165) is 19.3 Å². The molecule has 0 spiro atoms. The van der Waals surface area contributed by atoms with E-state index in [4.69, 9.17) is 8.85 Å². The summed E-state index contributed by atoms with van der Waals surface area (Å²) in [5, 5.41) is 0. The van der Waals surface area contributed by atoms with Crippen LogP contribution in [0.15, 0.2) is 0 Å². The van der Waals surface area contributed by atoms with E-state index in [1.165, 1.54) is 70.3 Å². The van der Waals surface area contributed by atoms with Gasteiger partial charge in [0, 0.05) is 13.2 Å². The van der Waals surface area contributed by atoms with Crippen LogP contribution >= 0.6 is 0 Å². The predicted octanol–water partition coefficient (Wildman–Crippen LogP) is 6.44. The fourth-order valence-electron chi connectivity index (χ4n) is 3.07. The number of rotatable bonds is 16. The lowest BCUT2D eigenvalue weighted by molar-refractivity contribution is 0.181. The van der Waals surface area contributed by atoms with E-state index >= 15 is 0 Å². The molecule has 0 heterocycles. The largest absolute Gasteiger partial charge is 0.394 e. The Kier molecular flexibility index (Phi) is 15.1. The minimum Gasteiger partial charge on any atom is -0.394 e. The quantitative estimate of drug-likeness (QED) is 0.241. The van der Waals surface area contributed by atoms with E-state index in [1.54, 1.807) is 0 Å². The molecule has 0 atom stereocenters. The first-order valence-electron chi connectivity index (χ1n) is 9.52. The van der Waals surface area contributed by atoms with Crippen molar-refractivity contribution in [2.24, 2.45) is 0 Å². The second kappa shape index (κ2) is 15.0. The smallest absolute Gasteiger partial charge is 0.338 e. The van der Waals surface area contributed by atoms with E-state index in [0.29, 0.717) is 0 Å². The Balaban J connectivity index is 3.76. The fourth-order valence-corrected chi connectivity index (χ4v) is 6.58. The van der Waals surface area contributed by atoms with Gasteiger partial charge in [-0.25, -0.2) is 0 Å². The van der Waals surface area contributed by atoms with Gasteiger partial charge in [-0.15, -0.1) is 0 Å². The van der Waals surface area contributed by atoms with Crippen molar-refractivity contribution >= 4 is 8.56 Å². The first-order valence-corrected chi connectivity index (χ1v) is 11.8. The molecule has 0 saturated carbocycles. The highest BCUT2D eigenvalue weighted by molar-refractivity contribution is 6.67. The van der Waals surface area contributed by atoms with Gasteiger partial charge in [0.25, 0.3) is 0 Å². The molecule has 0 unspecified atom stereocenters. The van der Waals surface area contributed by atoms with Gasteiger partial charge in [0.2, 0.25) is 0 Å². The van der Waals surface area contributed by atoms with Crippen LogP contribution in [0.3, 0.4) is 0 Å². The maximum Gasteiger partial charge on any atom is 0.338 e. The molecule has 0 aliphatic rings. The van der Waals surface area contributed by atoms with Gasteiger partial charge in [0.15, 0.2) is 0 Å². The summed E-state index contributed by atoms with van der Waals surface area (Å²) in [7, 11) is -1.88. The maximum atomic E-state index is 6.10. The molecule has 2 nitrogen and oxygen atoms in total. The van der Waals surface area contributed by atoms with Crippen LogP contribution in [0, 0.1) is 0 Å². The molecule has 0 radical (unpaired) electrons. The van der Waals surface area contributed by atoms with E-state index in [-0.39, 0.29) is 0 Å². The van der Waals surface area contributed by atoms with Crippen molar-refractivity contribution in [2.45, 2.75) is 104 Å². The molecular weight excluding hydrogens is 276 g/mol. The lowest BCUT2D eigenvalue weighted by Gasteiger charge is -2.29. The van der Waals surface area contributed by atoms with Gasteiger partial charge in [-0.05, 0) is 25.9 Å². The Hall–Kier alpha value is 0.137. The molecule has 128 valence electrons. The van der Waals surface area contributed by atoms with Gasteiger partial charge in [0.1, 0.15) is 0 Å². The molecule has 0 fully saturated rings. The van der Waals surface area contributed by atoms with Gasteiger partial charge in [-0.3, -0.25) is 0 Å². The normalized spacial score (nSPS) is 12.0. The zero-order valence-corrected chi connectivity index (χ0v) is 16.2. The van der Waals surface area contributed by atoms with Crippen LogP contribution in [0.2, 0.25) is 12.1 Å². The van der Waals surface area contributed by atoms with Crippen LogP contribution in [-0.2, 0) is 8.85 Å². The molecule has 0 aliphatic carbocycles. The summed E-state index contributed by atoms with van der Waals surface area (Å²) in [6, 6.07) is 2.35. The van der Waals surface area contributed by atoms with E-state index in [9.17, 15) is 0 Å². The van der Waals surface area contributed by atoms with Gasteiger partial charge >= 0.3 is 8.56 Å². The van der Waals surface area contributed by atoms with E-state index in [2.05, 4.69) is 27.7 Å². The average Bonchev–Trinajstić information content (AvgIpc) is 2.46. The first-order chi connectivity index (χ1) is 10.2. The van der Waals surface area contributed by atoms with Gasteiger partial charge in [-0.1, -0.05) is 78.1 Å². The second-order valence-electron chi connectivity index (χ2n) is 6.11. The van der Waals surface area contributed by atoms with Crippen LogP contribution in [0.4, 0.5) is 0 Å². The third-order valence-electron chi connectivity index (χ3n) is 4.11. The standard InChI is InChI=1S/C18H40O2Si/c1-5-9-10-11-12-13-14-15-16-18-21(17-6-2,19-7-3)20-8-4/h5-18H2,1-4H3. The lowest BCUT2D eigenvalue weighted by Crippen LogP contribution is -2.42. The summed E-state index contributed by atoms with van der Waals surface area (Å²) in [6.45, 7) is 10.4. The predicted molar refractivity (Wildman–Crippen MR) is 96.1 cm³/mol. The summed E-state index contributed by atoms with van der Waals surface area (Å²) >= 11 is 0. The highest BCUT2D eigenvalue weighted by atomic mass is 28.4. The molecule has 0 N–H and O–H groups in total. The Labute approximate surface area is 135 Å². The van der Waals surface area contributed by atoms with Crippen molar-refractivity contribution in [1.82, 2.24) is 0 Å². The van der Waals surface area contributed by atoms with Crippen molar-refractivity contribution in [1.29, 1.82) is 0 Å². The summed E-state index contributed by atoms with van der Waals surface area (Å²) in [6.07, 6.45) is 13.7. The molecule has 0 amide bonds. The molecule has 0 aromatic carbocycles. The highest BCUT2D eigenvalue weighted by Gasteiger charge is 2.35. The van der Waals surface area contributed by atoms with Crippen molar-refractivity contribution in [3.63, 3.8) is 0 Å². The van der Waals surface area contributed by atoms with Crippen LogP contribution in [0.5, 0.6) is 0 Å². The summed E-state index contributed by atoms with van der Waals surface area (Å²) < 4.78 is 12.2. The number of hydrogen-bond donors (Lipinski definition) is 0. The zero-order valence-electron chi connectivity index (χ0n) is 15.2. The van der Waals surface area contributed by atoms with Crippen LogP contribution < -0.4 is 0 Å². The molecule has 0 aromatic rings. The van der Waals surface area contributed by atoms with E-state index < -0.39 is 8.56 Å². The summed E-state index contributed by atoms with van der Waals surface area (Å²) in [5.41, 5.74) is 0. The lowest BCUT2D eigenvalue weighted by atomic mass is 10.1. The molecule has 3 heteroatoms. The summed E-state index contributed by atoms with van der Waals surface area (Å²) in [5.74, 6) is 0. The highest BCUT2D eigenvalue weighted by Crippen LogP contribution is 2.24. The van der Waals surface area contributed by atoms with Crippen molar-refractivity contribution in [3.8, 4) is 0 Å². The SMILES string of the molecule is CCCCCCCCCCC[Si](CCC)(OCC)OCC. The summed E-state index contributed by atoms with van der Waals surface area (Å²) in [4.78, 5) is 0. The molecule has 0 bridgehead atoms. The van der Waals surface area contributed by atoms with Crippen molar-refractivity contribution in [2.75, 3.05) is 13.2 Å². The maximum absolute atomic E-state index is 6.10. The minimum atomic E-state index is -1.88. The third-order valence-corrected chi connectivity index (χ3v) is 8.11. The molecule has 0 saturated heterocycles. The van der Waals surface area contributed by atoms with Crippen LogP contribution in [0.25, 0.3) is 0 Å². The van der Waals surface area contributed by atoms with Crippen molar-refractivity contribution in [3.05, 3.63) is 0 Å². The number of unbranched alkanes of at least 4 members (excludes halogenated alkanes) is 8. The molecule has 0 rings (SSSR count).